The molecule has 1 unspecified atom stereocenters. The fraction of sp³-hybridized carbons (Fsp3) is 0.400. The van der Waals surface area contributed by atoms with Crippen LogP contribution in [0.25, 0.3) is 0 Å². The van der Waals surface area contributed by atoms with Gasteiger partial charge in [-0.1, -0.05) is 30.3 Å². The number of thiazole rings is 1. The van der Waals surface area contributed by atoms with Crippen molar-refractivity contribution >= 4 is 11.3 Å². The molecule has 1 atom stereocenters. The summed E-state index contributed by atoms with van der Waals surface area (Å²) < 4.78 is 0. The number of aromatic nitrogens is 1. The van der Waals surface area contributed by atoms with E-state index >= 15 is 0 Å². The van der Waals surface area contributed by atoms with E-state index < -0.39 is 0 Å². The molecule has 1 N–H and O–H groups in total. The molecule has 0 bridgehead atoms. The maximum Gasteiger partial charge on any atom is 0.107 e. The van der Waals surface area contributed by atoms with Crippen molar-refractivity contribution in [3.63, 3.8) is 0 Å². The molecule has 0 saturated carbocycles. The van der Waals surface area contributed by atoms with E-state index in [4.69, 9.17) is 0 Å². The average Bonchev–Trinajstić information content (AvgIpc) is 2.81. The molecule has 0 radical (unpaired) electrons. The first-order valence-corrected chi connectivity index (χ1v) is 7.38. The van der Waals surface area contributed by atoms with Gasteiger partial charge in [-0.15, -0.1) is 11.3 Å². The van der Waals surface area contributed by atoms with Crippen molar-refractivity contribution in [1.29, 1.82) is 0 Å². The largest absolute Gasteiger partial charge is 0.309 e. The van der Waals surface area contributed by atoms with Crippen LogP contribution >= 0.6 is 11.3 Å². The van der Waals surface area contributed by atoms with E-state index in [9.17, 15) is 0 Å². The van der Waals surface area contributed by atoms with Gasteiger partial charge in [-0.2, -0.15) is 0 Å². The summed E-state index contributed by atoms with van der Waals surface area (Å²) in [7, 11) is 4.24. The standard InChI is InChI=1S/C15H21N3S/c1-12-11-19-15(17-12)10-16-9-14(18(2)3)13-7-5-4-6-8-13/h4-8,11,14,16H,9-10H2,1-3H3. The molecule has 0 aliphatic rings. The fourth-order valence-electron chi connectivity index (χ4n) is 2.07. The van der Waals surface area contributed by atoms with Gasteiger partial charge in [-0.25, -0.2) is 4.98 Å². The summed E-state index contributed by atoms with van der Waals surface area (Å²) in [4.78, 5) is 6.71. The maximum absolute atomic E-state index is 4.47. The minimum atomic E-state index is 0.391. The van der Waals surface area contributed by atoms with Gasteiger partial charge in [0.1, 0.15) is 5.01 Å². The van der Waals surface area contributed by atoms with Crippen molar-refractivity contribution in [2.45, 2.75) is 19.5 Å². The summed E-state index contributed by atoms with van der Waals surface area (Å²) >= 11 is 1.72. The van der Waals surface area contributed by atoms with Gasteiger partial charge in [-0.05, 0) is 26.6 Å². The van der Waals surface area contributed by atoms with Crippen LogP contribution in [0, 0.1) is 6.92 Å². The lowest BCUT2D eigenvalue weighted by Gasteiger charge is -2.25. The summed E-state index contributed by atoms with van der Waals surface area (Å²) in [6, 6.07) is 11.0. The molecule has 2 aromatic rings. The van der Waals surface area contributed by atoms with E-state index in [0.717, 1.165) is 23.8 Å². The normalized spacial score (nSPS) is 12.8. The molecule has 0 spiro atoms. The van der Waals surface area contributed by atoms with E-state index in [1.165, 1.54) is 5.56 Å². The number of benzene rings is 1. The molecular weight excluding hydrogens is 254 g/mol. The van der Waals surface area contributed by atoms with Gasteiger partial charge < -0.3 is 10.2 Å². The van der Waals surface area contributed by atoms with Crippen LogP contribution < -0.4 is 5.32 Å². The summed E-state index contributed by atoms with van der Waals surface area (Å²) in [5, 5.41) is 6.75. The summed E-state index contributed by atoms with van der Waals surface area (Å²) in [6.07, 6.45) is 0. The quantitative estimate of drug-likeness (QED) is 0.878. The van der Waals surface area contributed by atoms with Gasteiger partial charge in [0.25, 0.3) is 0 Å². The zero-order valence-corrected chi connectivity index (χ0v) is 12.6. The van der Waals surface area contributed by atoms with Crippen LogP contribution in [0.3, 0.4) is 0 Å². The summed E-state index contributed by atoms with van der Waals surface area (Å²) in [5.74, 6) is 0. The Morgan fingerprint density at radius 2 is 2.00 bits per heavy atom. The first-order chi connectivity index (χ1) is 9.16. The van der Waals surface area contributed by atoms with E-state index in [-0.39, 0.29) is 0 Å². The Morgan fingerprint density at radius 1 is 1.26 bits per heavy atom. The lowest BCUT2D eigenvalue weighted by molar-refractivity contribution is 0.288. The minimum absolute atomic E-state index is 0.391. The van der Waals surface area contributed by atoms with Crippen molar-refractivity contribution in [2.24, 2.45) is 0 Å². The number of hydrogen-bond donors (Lipinski definition) is 1. The second-order valence-corrected chi connectivity index (χ2v) is 5.85. The maximum atomic E-state index is 4.47. The first kappa shape index (κ1) is 14.2. The van der Waals surface area contributed by atoms with Crippen LogP contribution in [-0.2, 0) is 6.54 Å². The highest BCUT2D eigenvalue weighted by Gasteiger charge is 2.13. The van der Waals surface area contributed by atoms with E-state index in [1.54, 1.807) is 11.3 Å². The molecule has 0 amide bonds. The molecule has 1 aromatic carbocycles. The second kappa shape index (κ2) is 6.80. The van der Waals surface area contributed by atoms with Gasteiger partial charge in [-0.3, -0.25) is 0 Å². The summed E-state index contributed by atoms with van der Waals surface area (Å²) in [6.45, 7) is 3.80. The van der Waals surface area contributed by atoms with Gasteiger partial charge in [0.2, 0.25) is 0 Å². The Labute approximate surface area is 119 Å². The van der Waals surface area contributed by atoms with E-state index in [1.807, 2.05) is 6.92 Å². The average molecular weight is 275 g/mol. The van der Waals surface area contributed by atoms with Gasteiger partial charge in [0.05, 0.1) is 0 Å². The Hall–Kier alpha value is -1.23. The van der Waals surface area contributed by atoms with Crippen LogP contribution in [0.5, 0.6) is 0 Å². The van der Waals surface area contributed by atoms with Crippen LogP contribution in [0.4, 0.5) is 0 Å². The number of likely N-dealkylation sites (N-methyl/N-ethyl adjacent to an activating group) is 1. The number of nitrogens with zero attached hydrogens (tertiary/aromatic N) is 2. The van der Waals surface area contributed by atoms with Crippen LogP contribution in [0.15, 0.2) is 35.7 Å². The molecule has 0 aliphatic carbocycles. The van der Waals surface area contributed by atoms with Crippen molar-refractivity contribution in [2.75, 3.05) is 20.6 Å². The molecule has 19 heavy (non-hydrogen) atoms. The molecule has 1 heterocycles. The van der Waals surface area contributed by atoms with Crippen molar-refractivity contribution in [3.05, 3.63) is 52.0 Å². The van der Waals surface area contributed by atoms with Crippen molar-refractivity contribution in [3.8, 4) is 0 Å². The molecule has 0 aliphatic heterocycles. The predicted octanol–water partition coefficient (Wildman–Crippen LogP) is 2.84. The highest BCUT2D eigenvalue weighted by Crippen LogP contribution is 2.17. The van der Waals surface area contributed by atoms with Crippen molar-refractivity contribution < 1.29 is 0 Å². The Bertz CT molecular complexity index is 493. The predicted molar refractivity (Wildman–Crippen MR) is 81.4 cm³/mol. The fourth-order valence-corrected chi connectivity index (χ4v) is 2.81. The molecule has 2 rings (SSSR count). The smallest absolute Gasteiger partial charge is 0.107 e. The topological polar surface area (TPSA) is 28.2 Å². The third-order valence-electron chi connectivity index (χ3n) is 3.09. The highest BCUT2D eigenvalue weighted by molar-refractivity contribution is 7.09. The van der Waals surface area contributed by atoms with E-state index in [2.05, 4.69) is 65.0 Å². The lowest BCUT2D eigenvalue weighted by atomic mass is 10.1. The molecule has 1 aromatic heterocycles. The molecule has 0 fully saturated rings. The summed E-state index contributed by atoms with van der Waals surface area (Å²) in [5.41, 5.74) is 2.45. The Morgan fingerprint density at radius 3 is 2.58 bits per heavy atom. The van der Waals surface area contributed by atoms with Crippen LogP contribution in [0.1, 0.15) is 22.3 Å². The zero-order valence-electron chi connectivity index (χ0n) is 11.8. The van der Waals surface area contributed by atoms with Crippen LogP contribution in [-0.4, -0.2) is 30.5 Å². The monoisotopic (exact) mass is 275 g/mol. The lowest BCUT2D eigenvalue weighted by Crippen LogP contribution is -2.30. The minimum Gasteiger partial charge on any atom is -0.309 e. The van der Waals surface area contributed by atoms with Gasteiger partial charge >= 0.3 is 0 Å². The third-order valence-corrected chi connectivity index (χ3v) is 4.05. The molecule has 102 valence electrons. The van der Waals surface area contributed by atoms with Gasteiger partial charge in [0, 0.05) is 30.2 Å². The van der Waals surface area contributed by atoms with E-state index in [0.29, 0.717) is 6.04 Å². The highest BCUT2D eigenvalue weighted by atomic mass is 32.1. The SMILES string of the molecule is Cc1csc(CNCC(c2ccccc2)N(C)C)n1. The molecular formula is C15H21N3S. The number of rotatable bonds is 6. The van der Waals surface area contributed by atoms with Crippen molar-refractivity contribution in [1.82, 2.24) is 15.2 Å². The number of hydrogen-bond acceptors (Lipinski definition) is 4. The second-order valence-electron chi connectivity index (χ2n) is 4.90. The molecule has 0 saturated heterocycles. The number of nitrogens with one attached hydrogen (secondary N) is 1. The number of aryl methyl sites for hydroxylation is 1. The first-order valence-electron chi connectivity index (χ1n) is 6.50. The Balaban J connectivity index is 1.91. The van der Waals surface area contributed by atoms with Crippen LogP contribution in [0.2, 0.25) is 0 Å². The zero-order chi connectivity index (χ0) is 13.7. The molecule has 3 nitrogen and oxygen atoms in total. The Kier molecular flexibility index (Phi) is 5.07. The third kappa shape index (κ3) is 4.13. The molecule has 4 heteroatoms. The van der Waals surface area contributed by atoms with Gasteiger partial charge in [0.15, 0.2) is 0 Å².